The average Bonchev–Trinajstić information content (AvgIpc) is 2.39. The molecule has 1 fully saturated rings. The zero-order valence-corrected chi connectivity index (χ0v) is 12.4. The zero-order valence-electron chi connectivity index (χ0n) is 10.8. The van der Waals surface area contributed by atoms with Crippen molar-refractivity contribution in [2.45, 2.75) is 18.9 Å². The molecule has 1 heterocycles. The van der Waals surface area contributed by atoms with Crippen LogP contribution < -0.4 is 4.90 Å². The molecule has 1 saturated heterocycles. The molecule has 1 aromatic rings. The molecule has 3 nitrogen and oxygen atoms in total. The smallest absolute Gasteiger partial charge is 0.0558 e. The maximum Gasteiger partial charge on any atom is 0.0558 e. The summed E-state index contributed by atoms with van der Waals surface area (Å²) in [6.07, 6.45) is 2.44. The number of piperidine rings is 1. The van der Waals surface area contributed by atoms with E-state index in [0.717, 1.165) is 24.1 Å². The van der Waals surface area contributed by atoms with Crippen molar-refractivity contribution in [3.63, 3.8) is 0 Å². The van der Waals surface area contributed by atoms with E-state index >= 15 is 0 Å². The van der Waals surface area contributed by atoms with Crippen LogP contribution >= 0.6 is 15.9 Å². The first-order chi connectivity index (χ1) is 8.70. The number of anilines is 1. The largest absolute Gasteiger partial charge is 0.395 e. The molecule has 1 unspecified atom stereocenters. The van der Waals surface area contributed by atoms with E-state index in [0.29, 0.717) is 6.04 Å². The fourth-order valence-electron chi connectivity index (χ4n) is 2.56. The van der Waals surface area contributed by atoms with Gasteiger partial charge in [-0.05, 0) is 38.1 Å². The summed E-state index contributed by atoms with van der Waals surface area (Å²) in [4.78, 5) is 4.71. The molecule has 2 rings (SSSR count). The van der Waals surface area contributed by atoms with E-state index in [4.69, 9.17) is 5.11 Å². The minimum atomic E-state index is 0.240. The summed E-state index contributed by atoms with van der Waals surface area (Å²) < 4.78 is 1.13. The zero-order chi connectivity index (χ0) is 13.0. The van der Waals surface area contributed by atoms with E-state index in [1.165, 1.54) is 18.5 Å². The molecule has 1 aliphatic rings. The highest BCUT2D eigenvalue weighted by molar-refractivity contribution is 9.10. The highest BCUT2D eigenvalue weighted by Gasteiger charge is 2.23. The van der Waals surface area contributed by atoms with Gasteiger partial charge in [0.2, 0.25) is 0 Å². The molecule has 0 amide bonds. The van der Waals surface area contributed by atoms with Crippen LogP contribution in [0.4, 0.5) is 5.69 Å². The quantitative estimate of drug-likeness (QED) is 0.924. The van der Waals surface area contributed by atoms with Gasteiger partial charge >= 0.3 is 0 Å². The Bertz CT molecular complexity index is 386. The molecule has 0 radical (unpaired) electrons. The normalized spacial score (nSPS) is 20.4. The third kappa shape index (κ3) is 3.46. The van der Waals surface area contributed by atoms with Gasteiger partial charge in [0.25, 0.3) is 0 Å². The molecule has 1 aliphatic heterocycles. The average molecular weight is 313 g/mol. The van der Waals surface area contributed by atoms with Gasteiger partial charge in [0.05, 0.1) is 6.61 Å². The van der Waals surface area contributed by atoms with Crippen LogP contribution in [0, 0.1) is 0 Å². The number of nitrogens with zero attached hydrogens (tertiary/aromatic N) is 2. The molecular weight excluding hydrogens is 292 g/mol. The Morgan fingerprint density at radius 3 is 3.06 bits per heavy atom. The Kier molecular flexibility index (Phi) is 5.03. The molecular formula is C14H21BrN2O. The number of hydrogen-bond donors (Lipinski definition) is 1. The van der Waals surface area contributed by atoms with Gasteiger partial charge in [-0.1, -0.05) is 22.0 Å². The third-order valence-corrected chi connectivity index (χ3v) is 4.14. The molecule has 0 bridgehead atoms. The molecule has 100 valence electrons. The lowest BCUT2D eigenvalue weighted by Crippen LogP contribution is -2.47. The lowest BCUT2D eigenvalue weighted by molar-refractivity contribution is 0.166. The van der Waals surface area contributed by atoms with Crippen molar-refractivity contribution in [2.24, 2.45) is 0 Å². The first-order valence-corrected chi connectivity index (χ1v) is 7.31. The maximum atomic E-state index is 9.03. The van der Waals surface area contributed by atoms with Crippen molar-refractivity contribution in [3.05, 3.63) is 28.7 Å². The van der Waals surface area contributed by atoms with Crippen LogP contribution in [0.25, 0.3) is 0 Å². The van der Waals surface area contributed by atoms with Crippen LogP contribution in [0.3, 0.4) is 0 Å². The minimum absolute atomic E-state index is 0.240. The standard InChI is InChI=1S/C14H21BrN2O/c1-16(8-9-18)14-6-3-7-17(11-14)13-5-2-4-12(15)10-13/h2,4-5,10,14,18H,3,6-9,11H2,1H3. The van der Waals surface area contributed by atoms with E-state index in [2.05, 4.69) is 57.0 Å². The molecule has 0 spiro atoms. The van der Waals surface area contributed by atoms with Crippen molar-refractivity contribution in [1.82, 2.24) is 4.90 Å². The predicted molar refractivity (Wildman–Crippen MR) is 79.1 cm³/mol. The van der Waals surface area contributed by atoms with Gasteiger partial charge in [-0.3, -0.25) is 4.90 Å². The van der Waals surface area contributed by atoms with Crippen molar-refractivity contribution in [1.29, 1.82) is 0 Å². The maximum absolute atomic E-state index is 9.03. The summed E-state index contributed by atoms with van der Waals surface area (Å²) >= 11 is 3.53. The summed E-state index contributed by atoms with van der Waals surface area (Å²) in [6.45, 7) is 3.17. The van der Waals surface area contributed by atoms with Crippen molar-refractivity contribution in [2.75, 3.05) is 38.2 Å². The van der Waals surface area contributed by atoms with Gasteiger partial charge in [0.15, 0.2) is 0 Å². The summed E-state index contributed by atoms with van der Waals surface area (Å²) in [5.41, 5.74) is 1.28. The van der Waals surface area contributed by atoms with Gasteiger partial charge in [0.1, 0.15) is 0 Å². The van der Waals surface area contributed by atoms with Crippen molar-refractivity contribution >= 4 is 21.6 Å². The lowest BCUT2D eigenvalue weighted by Gasteiger charge is -2.38. The number of aliphatic hydroxyl groups excluding tert-OH is 1. The van der Waals surface area contributed by atoms with Gasteiger partial charge < -0.3 is 10.0 Å². The SMILES string of the molecule is CN(CCO)C1CCCN(c2cccc(Br)c2)C1. The summed E-state index contributed by atoms with van der Waals surface area (Å²) in [5.74, 6) is 0. The first-order valence-electron chi connectivity index (χ1n) is 6.52. The van der Waals surface area contributed by atoms with E-state index in [1.54, 1.807) is 0 Å². The molecule has 4 heteroatoms. The third-order valence-electron chi connectivity index (χ3n) is 3.65. The van der Waals surface area contributed by atoms with Crippen molar-refractivity contribution < 1.29 is 5.11 Å². The molecule has 0 aliphatic carbocycles. The highest BCUT2D eigenvalue weighted by atomic mass is 79.9. The van der Waals surface area contributed by atoms with Gasteiger partial charge in [0, 0.05) is 35.8 Å². The fraction of sp³-hybridized carbons (Fsp3) is 0.571. The van der Waals surface area contributed by atoms with E-state index < -0.39 is 0 Å². The van der Waals surface area contributed by atoms with Crippen LogP contribution in [-0.4, -0.2) is 49.3 Å². The number of rotatable bonds is 4. The van der Waals surface area contributed by atoms with Gasteiger partial charge in [-0.25, -0.2) is 0 Å². The Hall–Kier alpha value is -0.580. The minimum Gasteiger partial charge on any atom is -0.395 e. The van der Waals surface area contributed by atoms with Crippen LogP contribution in [0.2, 0.25) is 0 Å². The van der Waals surface area contributed by atoms with Crippen LogP contribution in [0.1, 0.15) is 12.8 Å². The highest BCUT2D eigenvalue weighted by Crippen LogP contribution is 2.24. The number of likely N-dealkylation sites (N-methyl/N-ethyl adjacent to an activating group) is 1. The number of halogens is 1. The number of aliphatic hydroxyl groups is 1. The summed E-state index contributed by atoms with van der Waals surface area (Å²) in [6, 6.07) is 9.03. The molecule has 1 atom stereocenters. The predicted octanol–water partition coefficient (Wildman–Crippen LogP) is 2.34. The van der Waals surface area contributed by atoms with Crippen LogP contribution in [-0.2, 0) is 0 Å². The second-order valence-corrected chi connectivity index (χ2v) is 5.84. The van der Waals surface area contributed by atoms with Crippen LogP contribution in [0.15, 0.2) is 28.7 Å². The molecule has 0 aromatic heterocycles. The van der Waals surface area contributed by atoms with Gasteiger partial charge in [-0.15, -0.1) is 0 Å². The second-order valence-electron chi connectivity index (χ2n) is 4.93. The van der Waals surface area contributed by atoms with Crippen molar-refractivity contribution in [3.8, 4) is 0 Å². The van der Waals surface area contributed by atoms with E-state index in [1.807, 2.05) is 0 Å². The summed E-state index contributed by atoms with van der Waals surface area (Å²) in [5, 5.41) is 9.03. The fourth-order valence-corrected chi connectivity index (χ4v) is 2.95. The number of benzene rings is 1. The Morgan fingerprint density at radius 1 is 1.50 bits per heavy atom. The summed E-state index contributed by atoms with van der Waals surface area (Å²) in [7, 11) is 2.10. The molecule has 1 aromatic carbocycles. The van der Waals surface area contributed by atoms with Crippen LogP contribution in [0.5, 0.6) is 0 Å². The Morgan fingerprint density at radius 2 is 2.33 bits per heavy atom. The monoisotopic (exact) mass is 312 g/mol. The molecule has 1 N–H and O–H groups in total. The number of hydrogen-bond acceptors (Lipinski definition) is 3. The lowest BCUT2D eigenvalue weighted by atomic mass is 10.0. The Balaban J connectivity index is 2.02. The molecule has 0 saturated carbocycles. The van der Waals surface area contributed by atoms with Gasteiger partial charge in [-0.2, -0.15) is 0 Å². The first kappa shape index (κ1) is 13.8. The molecule has 18 heavy (non-hydrogen) atoms. The topological polar surface area (TPSA) is 26.7 Å². The van der Waals surface area contributed by atoms with E-state index in [-0.39, 0.29) is 6.61 Å². The van der Waals surface area contributed by atoms with E-state index in [9.17, 15) is 0 Å². The second kappa shape index (κ2) is 6.55. The Labute approximate surface area is 118 Å².